The molecule has 2 rings (SSSR count). The van der Waals surface area contributed by atoms with Crippen LogP contribution in [0.25, 0.3) is 0 Å². The molecule has 1 heterocycles. The number of alkyl halides is 1. The van der Waals surface area contributed by atoms with E-state index >= 15 is 0 Å². The normalized spacial score (nSPS) is 23.4. The van der Waals surface area contributed by atoms with Crippen molar-refractivity contribution in [2.24, 2.45) is 0 Å². The third-order valence-electron chi connectivity index (χ3n) is 3.47. The number of halogens is 1. The van der Waals surface area contributed by atoms with Gasteiger partial charge in [-0.15, -0.1) is 11.6 Å². The maximum atomic E-state index is 12.3. The lowest BCUT2D eigenvalue weighted by Crippen LogP contribution is -2.51. The lowest BCUT2D eigenvalue weighted by Gasteiger charge is -2.37. The van der Waals surface area contributed by atoms with Gasteiger partial charge in [-0.3, -0.25) is 4.79 Å². The third kappa shape index (κ3) is 3.95. The highest BCUT2D eigenvalue weighted by Gasteiger charge is 2.28. The Balaban J connectivity index is 1.88. The molecule has 0 N–H and O–H groups in total. The quantitative estimate of drug-likeness (QED) is 0.794. The molecule has 2 unspecified atom stereocenters. The number of ether oxygens (including phenoxy) is 1. The van der Waals surface area contributed by atoms with Crippen LogP contribution in [-0.4, -0.2) is 42.0 Å². The van der Waals surface area contributed by atoms with E-state index in [1.54, 1.807) is 0 Å². The molecule has 3 nitrogen and oxygen atoms in total. The summed E-state index contributed by atoms with van der Waals surface area (Å²) in [5, 5.41) is 0. The van der Waals surface area contributed by atoms with Gasteiger partial charge in [-0.1, -0.05) is 30.3 Å². The molecule has 1 aliphatic rings. The van der Waals surface area contributed by atoms with Crippen LogP contribution >= 0.6 is 11.6 Å². The summed E-state index contributed by atoms with van der Waals surface area (Å²) in [6, 6.07) is 10.2. The van der Waals surface area contributed by atoms with E-state index in [4.69, 9.17) is 16.3 Å². The molecule has 1 fully saturated rings. The van der Waals surface area contributed by atoms with Gasteiger partial charge in [-0.2, -0.15) is 0 Å². The molecule has 0 aliphatic carbocycles. The zero-order chi connectivity index (χ0) is 13.7. The molecule has 1 saturated heterocycles. The second-order valence-corrected chi connectivity index (χ2v) is 5.30. The Kier molecular flexibility index (Phi) is 5.23. The molecule has 0 aromatic heterocycles. The first-order chi connectivity index (χ1) is 9.20. The first kappa shape index (κ1) is 14.4. The van der Waals surface area contributed by atoms with Gasteiger partial charge in [0.15, 0.2) is 0 Å². The summed E-state index contributed by atoms with van der Waals surface area (Å²) in [6.45, 7) is 3.21. The molecule has 1 aromatic rings. The molecule has 1 aromatic carbocycles. The second-order valence-electron chi connectivity index (χ2n) is 4.99. The van der Waals surface area contributed by atoms with E-state index in [2.05, 4.69) is 12.1 Å². The van der Waals surface area contributed by atoms with Crippen molar-refractivity contribution >= 4 is 17.5 Å². The van der Waals surface area contributed by atoms with Crippen molar-refractivity contribution in [1.82, 2.24) is 4.90 Å². The minimum Gasteiger partial charge on any atom is -0.373 e. The SMILES string of the molecule is CC1COC(CCl)CN1C(=O)CCc1ccccc1. The number of benzene rings is 1. The minimum absolute atomic E-state index is 0.0291. The Bertz CT molecular complexity index is 410. The fourth-order valence-corrected chi connectivity index (χ4v) is 2.48. The summed E-state index contributed by atoms with van der Waals surface area (Å²) in [7, 11) is 0. The Morgan fingerprint density at radius 3 is 2.84 bits per heavy atom. The number of nitrogens with zero attached hydrogens (tertiary/aromatic N) is 1. The summed E-state index contributed by atoms with van der Waals surface area (Å²) >= 11 is 5.81. The summed E-state index contributed by atoms with van der Waals surface area (Å²) in [5.74, 6) is 0.629. The number of hydrogen-bond acceptors (Lipinski definition) is 2. The molecular formula is C15H20ClNO2. The molecule has 1 aliphatic heterocycles. The van der Waals surface area contributed by atoms with Gasteiger partial charge in [-0.25, -0.2) is 0 Å². The Hall–Kier alpha value is -1.06. The average molecular weight is 282 g/mol. The smallest absolute Gasteiger partial charge is 0.223 e. The number of hydrogen-bond donors (Lipinski definition) is 0. The van der Waals surface area contributed by atoms with Crippen LogP contribution in [0.15, 0.2) is 30.3 Å². The van der Waals surface area contributed by atoms with Crippen molar-refractivity contribution in [3.8, 4) is 0 Å². The van der Waals surface area contributed by atoms with Gasteiger partial charge < -0.3 is 9.64 Å². The van der Waals surface area contributed by atoms with E-state index in [1.165, 1.54) is 5.56 Å². The molecule has 1 amide bonds. The maximum absolute atomic E-state index is 12.3. The average Bonchev–Trinajstić information content (AvgIpc) is 2.46. The Morgan fingerprint density at radius 2 is 2.16 bits per heavy atom. The standard InChI is InChI=1S/C15H20ClNO2/c1-12-11-19-14(9-16)10-17(12)15(18)8-7-13-5-3-2-4-6-13/h2-6,12,14H,7-11H2,1H3. The summed E-state index contributed by atoms with van der Waals surface area (Å²) in [6.07, 6.45) is 1.30. The summed E-state index contributed by atoms with van der Waals surface area (Å²) in [5.41, 5.74) is 1.20. The van der Waals surface area contributed by atoms with Gasteiger partial charge in [0.1, 0.15) is 0 Å². The highest BCUT2D eigenvalue weighted by atomic mass is 35.5. The highest BCUT2D eigenvalue weighted by molar-refractivity contribution is 6.18. The van der Waals surface area contributed by atoms with Crippen LogP contribution in [-0.2, 0) is 16.0 Å². The van der Waals surface area contributed by atoms with E-state index in [9.17, 15) is 4.79 Å². The van der Waals surface area contributed by atoms with Gasteiger partial charge in [0.25, 0.3) is 0 Å². The minimum atomic E-state index is -0.0291. The van der Waals surface area contributed by atoms with Crippen LogP contribution in [0.3, 0.4) is 0 Å². The van der Waals surface area contributed by atoms with Gasteiger partial charge in [-0.05, 0) is 18.9 Å². The fraction of sp³-hybridized carbons (Fsp3) is 0.533. The van der Waals surface area contributed by atoms with Gasteiger partial charge in [0.05, 0.1) is 24.6 Å². The van der Waals surface area contributed by atoms with E-state index in [0.717, 1.165) is 6.42 Å². The molecule has 104 valence electrons. The largest absolute Gasteiger partial charge is 0.373 e. The van der Waals surface area contributed by atoms with Crippen molar-refractivity contribution in [2.45, 2.75) is 31.9 Å². The first-order valence-corrected chi connectivity index (χ1v) is 7.25. The van der Waals surface area contributed by atoms with Crippen molar-refractivity contribution in [2.75, 3.05) is 19.0 Å². The van der Waals surface area contributed by atoms with E-state index in [0.29, 0.717) is 25.5 Å². The molecule has 0 radical (unpaired) electrons. The fourth-order valence-electron chi connectivity index (χ4n) is 2.30. The van der Waals surface area contributed by atoms with Crippen molar-refractivity contribution in [3.63, 3.8) is 0 Å². The summed E-state index contributed by atoms with van der Waals surface area (Å²) < 4.78 is 5.56. The van der Waals surface area contributed by atoms with E-state index in [-0.39, 0.29) is 18.1 Å². The molecule has 0 bridgehead atoms. The van der Waals surface area contributed by atoms with Crippen molar-refractivity contribution in [1.29, 1.82) is 0 Å². The topological polar surface area (TPSA) is 29.5 Å². The molecule has 0 spiro atoms. The summed E-state index contributed by atoms with van der Waals surface area (Å²) in [4.78, 5) is 14.2. The van der Waals surface area contributed by atoms with Crippen LogP contribution < -0.4 is 0 Å². The van der Waals surface area contributed by atoms with Crippen LogP contribution in [0.1, 0.15) is 18.9 Å². The van der Waals surface area contributed by atoms with Crippen molar-refractivity contribution < 1.29 is 9.53 Å². The predicted octanol–water partition coefficient (Wildman–Crippen LogP) is 2.47. The Morgan fingerprint density at radius 1 is 1.42 bits per heavy atom. The number of aryl methyl sites for hydroxylation is 1. The van der Waals surface area contributed by atoms with Crippen LogP contribution in [0.4, 0.5) is 0 Å². The van der Waals surface area contributed by atoms with Gasteiger partial charge >= 0.3 is 0 Å². The number of rotatable bonds is 4. The Labute approximate surface area is 119 Å². The molecule has 2 atom stereocenters. The number of carbonyl (C=O) groups excluding carboxylic acids is 1. The predicted molar refractivity (Wildman–Crippen MR) is 76.4 cm³/mol. The molecule has 0 saturated carbocycles. The van der Waals surface area contributed by atoms with E-state index < -0.39 is 0 Å². The monoisotopic (exact) mass is 281 g/mol. The van der Waals surface area contributed by atoms with Gasteiger partial charge in [0.2, 0.25) is 5.91 Å². The third-order valence-corrected chi connectivity index (χ3v) is 3.81. The number of morpholine rings is 1. The lowest BCUT2D eigenvalue weighted by molar-refractivity contribution is -0.142. The lowest BCUT2D eigenvalue weighted by atomic mass is 10.1. The van der Waals surface area contributed by atoms with Crippen LogP contribution in [0, 0.1) is 0 Å². The van der Waals surface area contributed by atoms with Gasteiger partial charge in [0, 0.05) is 13.0 Å². The van der Waals surface area contributed by atoms with E-state index in [1.807, 2.05) is 30.0 Å². The molecular weight excluding hydrogens is 262 g/mol. The molecule has 4 heteroatoms. The molecule has 19 heavy (non-hydrogen) atoms. The number of amides is 1. The van der Waals surface area contributed by atoms with Crippen LogP contribution in [0.2, 0.25) is 0 Å². The number of carbonyl (C=O) groups is 1. The zero-order valence-corrected chi connectivity index (χ0v) is 12.0. The highest BCUT2D eigenvalue weighted by Crippen LogP contribution is 2.15. The zero-order valence-electron chi connectivity index (χ0n) is 11.2. The van der Waals surface area contributed by atoms with Crippen molar-refractivity contribution in [3.05, 3.63) is 35.9 Å². The van der Waals surface area contributed by atoms with Crippen LogP contribution in [0.5, 0.6) is 0 Å². The first-order valence-electron chi connectivity index (χ1n) is 6.71. The maximum Gasteiger partial charge on any atom is 0.223 e. The second kappa shape index (κ2) is 6.92.